The predicted octanol–water partition coefficient (Wildman–Crippen LogP) is 3.53. The Hall–Kier alpha value is -2.02. The molecule has 0 aliphatic rings. The van der Waals surface area contributed by atoms with Crippen molar-refractivity contribution in [2.75, 3.05) is 19.8 Å². The van der Waals surface area contributed by atoms with Crippen molar-refractivity contribution in [1.82, 2.24) is 4.90 Å². The molecular weight excluding hydrogens is 342 g/mol. The smallest absolute Gasteiger partial charge is 0.416 e. The number of rotatable bonds is 9. The Morgan fingerprint density at radius 2 is 1.80 bits per heavy atom. The summed E-state index contributed by atoms with van der Waals surface area (Å²) in [6.45, 7) is 7.21. The molecule has 0 saturated heterocycles. The van der Waals surface area contributed by atoms with E-state index in [9.17, 15) is 14.4 Å². The van der Waals surface area contributed by atoms with E-state index in [4.69, 9.17) is 9.47 Å². The van der Waals surface area contributed by atoms with E-state index in [2.05, 4.69) is 13.8 Å². The molecule has 1 aromatic rings. The van der Waals surface area contributed by atoms with Gasteiger partial charge in [0.25, 0.3) is 5.91 Å². The highest BCUT2D eigenvalue weighted by Crippen LogP contribution is 2.26. The van der Waals surface area contributed by atoms with Gasteiger partial charge in [0.1, 0.15) is 12.4 Å². The fraction of sp³-hybridized carbons (Fsp3) is 0.500. The minimum atomic E-state index is -0.901. The van der Waals surface area contributed by atoms with Gasteiger partial charge in [-0.15, -0.1) is 11.8 Å². The largest absolute Gasteiger partial charge is 0.492 e. The summed E-state index contributed by atoms with van der Waals surface area (Å²) >= 11 is 1.79. The lowest BCUT2D eigenvalue weighted by Crippen LogP contribution is -2.43. The third kappa shape index (κ3) is 7.17. The van der Waals surface area contributed by atoms with Crippen molar-refractivity contribution >= 4 is 29.5 Å². The number of nitrogens with zero attached hydrogens (tertiary/aromatic N) is 1. The highest BCUT2D eigenvalue weighted by Gasteiger charge is 2.25. The molecule has 0 spiro atoms. The number of ether oxygens (including phenoxy) is 2. The van der Waals surface area contributed by atoms with Gasteiger partial charge >= 0.3 is 6.09 Å². The molecule has 1 aromatic carbocycles. The first-order chi connectivity index (χ1) is 11.9. The summed E-state index contributed by atoms with van der Waals surface area (Å²) in [5, 5.41) is 0.544. The normalized spacial score (nSPS) is 11.5. The summed E-state index contributed by atoms with van der Waals surface area (Å²) in [4.78, 5) is 36.7. The van der Waals surface area contributed by atoms with E-state index in [1.165, 1.54) is 0 Å². The van der Waals surface area contributed by atoms with Crippen molar-refractivity contribution < 1.29 is 23.9 Å². The van der Waals surface area contributed by atoms with Gasteiger partial charge in [-0.3, -0.25) is 9.59 Å². The molecule has 0 heterocycles. The molecule has 2 amide bonds. The van der Waals surface area contributed by atoms with Gasteiger partial charge in [0, 0.05) is 17.1 Å². The molecule has 1 rings (SSSR count). The van der Waals surface area contributed by atoms with Crippen LogP contribution in [0.25, 0.3) is 0 Å². The molecule has 0 aromatic heterocycles. The van der Waals surface area contributed by atoms with Gasteiger partial charge in [-0.05, 0) is 37.6 Å². The van der Waals surface area contributed by atoms with Crippen LogP contribution in [0.1, 0.15) is 34.1 Å². The fourth-order valence-electron chi connectivity index (χ4n) is 1.85. The zero-order chi connectivity index (χ0) is 18.8. The Bertz CT molecular complexity index is 588. The van der Waals surface area contributed by atoms with E-state index in [0.29, 0.717) is 11.0 Å². The number of amides is 2. The topological polar surface area (TPSA) is 72.9 Å². The van der Waals surface area contributed by atoms with Gasteiger partial charge < -0.3 is 9.47 Å². The van der Waals surface area contributed by atoms with E-state index in [1.807, 2.05) is 24.3 Å². The van der Waals surface area contributed by atoms with Crippen LogP contribution in [-0.4, -0.2) is 47.7 Å². The molecule has 0 fully saturated rings. The molecule has 7 heteroatoms. The minimum absolute atomic E-state index is 0.0549. The zero-order valence-electron chi connectivity index (χ0n) is 15.1. The summed E-state index contributed by atoms with van der Waals surface area (Å²) in [6, 6.07) is 7.62. The molecule has 1 unspecified atom stereocenters. The minimum Gasteiger partial charge on any atom is -0.492 e. The molecule has 0 saturated carbocycles. The van der Waals surface area contributed by atoms with Crippen molar-refractivity contribution in [1.29, 1.82) is 0 Å². The van der Waals surface area contributed by atoms with E-state index in [-0.39, 0.29) is 19.8 Å². The summed E-state index contributed by atoms with van der Waals surface area (Å²) < 4.78 is 10.4. The average molecular weight is 367 g/mol. The maximum atomic E-state index is 11.8. The zero-order valence-corrected chi connectivity index (χ0v) is 15.9. The Kier molecular flexibility index (Phi) is 9.05. The lowest BCUT2D eigenvalue weighted by molar-refractivity contribution is -0.142. The lowest BCUT2D eigenvalue weighted by atomic mass is 10.3. The standard InChI is InChI=1S/C18H25NO5S/c1-5-13(3)25-16-9-7-15(8-10-16)24-12-11-19(17(21)14(4)20)18(22)23-6-2/h7-10,13H,5-6,11-12H2,1-4H3. The van der Waals surface area contributed by atoms with Crippen molar-refractivity contribution in [2.24, 2.45) is 0 Å². The highest BCUT2D eigenvalue weighted by molar-refractivity contribution is 7.99. The Labute approximate surface area is 152 Å². The molecule has 0 aliphatic heterocycles. The summed E-state index contributed by atoms with van der Waals surface area (Å²) in [5.41, 5.74) is 0. The number of ketones is 1. The molecule has 0 aliphatic carbocycles. The van der Waals surface area contributed by atoms with Gasteiger partial charge in [0.2, 0.25) is 5.78 Å². The second-order valence-corrected chi connectivity index (χ2v) is 6.88. The first-order valence-corrected chi connectivity index (χ1v) is 9.15. The number of hydrogen-bond donors (Lipinski definition) is 0. The van der Waals surface area contributed by atoms with Crippen LogP contribution in [0.3, 0.4) is 0 Å². The van der Waals surface area contributed by atoms with Crippen LogP contribution < -0.4 is 4.74 Å². The van der Waals surface area contributed by atoms with E-state index in [0.717, 1.165) is 23.1 Å². The van der Waals surface area contributed by atoms with Crippen LogP contribution in [0.4, 0.5) is 4.79 Å². The number of hydrogen-bond acceptors (Lipinski definition) is 6. The van der Waals surface area contributed by atoms with Crippen molar-refractivity contribution in [3.8, 4) is 5.75 Å². The van der Waals surface area contributed by atoms with Gasteiger partial charge in [-0.2, -0.15) is 0 Å². The van der Waals surface area contributed by atoms with Crippen molar-refractivity contribution in [2.45, 2.75) is 44.3 Å². The van der Waals surface area contributed by atoms with Crippen LogP contribution in [0.15, 0.2) is 29.2 Å². The van der Waals surface area contributed by atoms with Gasteiger partial charge in [-0.25, -0.2) is 9.69 Å². The summed E-state index contributed by atoms with van der Waals surface area (Å²) in [7, 11) is 0. The number of thioether (sulfide) groups is 1. The third-order valence-electron chi connectivity index (χ3n) is 3.35. The Morgan fingerprint density at radius 3 is 2.32 bits per heavy atom. The second kappa shape index (κ2) is 10.8. The molecule has 1 atom stereocenters. The van der Waals surface area contributed by atoms with Crippen LogP contribution in [0.5, 0.6) is 5.75 Å². The summed E-state index contributed by atoms with van der Waals surface area (Å²) in [6.07, 6.45) is 0.253. The molecule has 6 nitrogen and oxygen atoms in total. The molecule has 25 heavy (non-hydrogen) atoms. The highest BCUT2D eigenvalue weighted by atomic mass is 32.2. The average Bonchev–Trinajstić information content (AvgIpc) is 2.59. The summed E-state index contributed by atoms with van der Waals surface area (Å²) in [5.74, 6) is -0.991. The van der Waals surface area contributed by atoms with E-state index >= 15 is 0 Å². The molecular formula is C18H25NO5S. The number of carbonyl (C=O) groups is 3. The van der Waals surface area contributed by atoms with E-state index in [1.54, 1.807) is 18.7 Å². The van der Waals surface area contributed by atoms with Gasteiger partial charge in [-0.1, -0.05) is 13.8 Å². The molecule has 0 N–H and O–H groups in total. The molecule has 0 bridgehead atoms. The predicted molar refractivity (Wildman–Crippen MR) is 97.0 cm³/mol. The first-order valence-electron chi connectivity index (χ1n) is 8.27. The van der Waals surface area contributed by atoms with Crippen molar-refractivity contribution in [3.63, 3.8) is 0 Å². The van der Waals surface area contributed by atoms with Crippen molar-refractivity contribution in [3.05, 3.63) is 24.3 Å². The Balaban J connectivity index is 2.58. The van der Waals surface area contributed by atoms with Crippen LogP contribution >= 0.6 is 11.8 Å². The van der Waals surface area contributed by atoms with Gasteiger partial charge in [0.05, 0.1) is 13.2 Å². The maximum absolute atomic E-state index is 11.8. The second-order valence-electron chi connectivity index (χ2n) is 5.37. The quantitative estimate of drug-likeness (QED) is 0.491. The number of benzene rings is 1. The SMILES string of the molecule is CCOC(=O)N(CCOc1ccc(SC(C)CC)cc1)C(=O)C(C)=O. The van der Waals surface area contributed by atoms with Crippen LogP contribution in [0, 0.1) is 0 Å². The van der Waals surface area contributed by atoms with Crippen LogP contribution in [0.2, 0.25) is 0 Å². The molecule has 0 radical (unpaired) electrons. The molecule has 138 valence electrons. The fourth-order valence-corrected chi connectivity index (χ4v) is 2.78. The Morgan fingerprint density at radius 1 is 1.16 bits per heavy atom. The lowest BCUT2D eigenvalue weighted by Gasteiger charge is -2.19. The first kappa shape index (κ1) is 21.0. The monoisotopic (exact) mass is 367 g/mol. The van der Waals surface area contributed by atoms with E-state index < -0.39 is 17.8 Å². The number of imide groups is 1. The van der Waals surface area contributed by atoms with Gasteiger partial charge in [0.15, 0.2) is 0 Å². The van der Waals surface area contributed by atoms with Crippen LogP contribution in [-0.2, 0) is 14.3 Å². The third-order valence-corrected chi connectivity index (χ3v) is 4.63. The maximum Gasteiger partial charge on any atom is 0.416 e. The number of carbonyl (C=O) groups excluding carboxylic acids is 3. The number of Topliss-reactive ketones (excluding diaryl/α,β-unsaturated/α-hetero) is 1.